The number of hydrogen-bond acceptors (Lipinski definition) is 4. The standard InChI is InChI=1S/C25H27Cl2NO4/c1-4-11-25(12-5-2,24(30)31-6-3)32-22-10-8-17(26)13-16(22)14-20-19-9-7-18(27)15-21(19)28-23(20)29/h7-10,13-15H,4-6,11-12H2,1-3H3,(H,28,29)/b20-14+. The first-order valence-corrected chi connectivity index (χ1v) is 11.6. The van der Waals surface area contributed by atoms with Crippen LogP contribution < -0.4 is 10.1 Å². The van der Waals surface area contributed by atoms with E-state index in [-0.39, 0.29) is 18.5 Å². The fourth-order valence-electron chi connectivity index (χ4n) is 3.94. The number of benzene rings is 2. The Morgan fingerprint density at radius 3 is 2.34 bits per heavy atom. The second kappa shape index (κ2) is 10.4. The Labute approximate surface area is 198 Å². The molecule has 3 rings (SSSR count). The lowest BCUT2D eigenvalue weighted by molar-refractivity contribution is -0.163. The number of hydrogen-bond donors (Lipinski definition) is 1. The highest BCUT2D eigenvalue weighted by Crippen LogP contribution is 2.38. The molecule has 2 aromatic rings. The molecule has 2 aromatic carbocycles. The van der Waals surface area contributed by atoms with E-state index in [1.165, 1.54) is 0 Å². The van der Waals surface area contributed by atoms with Gasteiger partial charge in [0.1, 0.15) is 5.75 Å². The number of carbonyl (C=O) groups is 2. The summed E-state index contributed by atoms with van der Waals surface area (Å²) in [4.78, 5) is 25.6. The molecule has 170 valence electrons. The Kier molecular flexibility index (Phi) is 7.86. The molecule has 0 fully saturated rings. The Hall–Kier alpha value is -2.50. The minimum absolute atomic E-state index is 0.244. The van der Waals surface area contributed by atoms with Crippen LogP contribution in [-0.4, -0.2) is 24.1 Å². The first-order valence-electron chi connectivity index (χ1n) is 10.8. The lowest BCUT2D eigenvalue weighted by atomic mass is 9.92. The van der Waals surface area contributed by atoms with Gasteiger partial charge >= 0.3 is 5.97 Å². The molecule has 1 aliphatic heterocycles. The van der Waals surface area contributed by atoms with Crippen LogP contribution in [0.3, 0.4) is 0 Å². The summed E-state index contributed by atoms with van der Waals surface area (Å²) in [5.41, 5.74) is 1.35. The molecule has 32 heavy (non-hydrogen) atoms. The quantitative estimate of drug-likeness (QED) is 0.321. The molecule has 1 N–H and O–H groups in total. The van der Waals surface area contributed by atoms with Crippen LogP contribution in [0.4, 0.5) is 5.69 Å². The molecule has 0 aliphatic carbocycles. The fourth-order valence-corrected chi connectivity index (χ4v) is 4.30. The molecule has 0 spiro atoms. The topological polar surface area (TPSA) is 64.6 Å². The third-order valence-electron chi connectivity index (χ3n) is 5.30. The van der Waals surface area contributed by atoms with Crippen LogP contribution in [0.15, 0.2) is 36.4 Å². The van der Waals surface area contributed by atoms with E-state index in [0.29, 0.717) is 45.5 Å². The van der Waals surface area contributed by atoms with Crippen LogP contribution in [0.1, 0.15) is 57.6 Å². The number of amides is 1. The molecule has 1 heterocycles. The largest absolute Gasteiger partial charge is 0.475 e. The molecular formula is C25H27Cl2NO4. The Morgan fingerprint density at radius 1 is 1.03 bits per heavy atom. The molecule has 0 radical (unpaired) electrons. The number of ether oxygens (including phenoxy) is 2. The normalized spacial score (nSPS) is 14.3. The number of rotatable bonds is 9. The molecule has 0 saturated carbocycles. The van der Waals surface area contributed by atoms with E-state index in [2.05, 4.69) is 5.32 Å². The molecule has 0 aromatic heterocycles. The lowest BCUT2D eigenvalue weighted by Crippen LogP contribution is -2.46. The monoisotopic (exact) mass is 475 g/mol. The second-order valence-electron chi connectivity index (χ2n) is 7.70. The van der Waals surface area contributed by atoms with Gasteiger partial charge in [0.05, 0.1) is 12.3 Å². The average molecular weight is 476 g/mol. The van der Waals surface area contributed by atoms with Gasteiger partial charge in [0.15, 0.2) is 0 Å². The zero-order chi connectivity index (χ0) is 23.3. The number of halogens is 2. The summed E-state index contributed by atoms with van der Waals surface area (Å²) in [6, 6.07) is 10.4. The summed E-state index contributed by atoms with van der Waals surface area (Å²) in [6.45, 7) is 6.06. The van der Waals surface area contributed by atoms with Gasteiger partial charge < -0.3 is 14.8 Å². The summed E-state index contributed by atoms with van der Waals surface area (Å²) in [6.07, 6.45) is 4.25. The molecule has 0 atom stereocenters. The number of anilines is 1. The van der Waals surface area contributed by atoms with Crippen molar-refractivity contribution in [1.29, 1.82) is 0 Å². The van der Waals surface area contributed by atoms with Gasteiger partial charge in [-0.05, 0) is 56.2 Å². The number of carbonyl (C=O) groups excluding carboxylic acids is 2. The lowest BCUT2D eigenvalue weighted by Gasteiger charge is -2.32. The van der Waals surface area contributed by atoms with Crippen molar-refractivity contribution >= 4 is 52.4 Å². The van der Waals surface area contributed by atoms with Crippen LogP contribution >= 0.6 is 23.2 Å². The molecule has 1 amide bonds. The van der Waals surface area contributed by atoms with Crippen LogP contribution in [-0.2, 0) is 14.3 Å². The van der Waals surface area contributed by atoms with E-state index in [0.717, 1.165) is 18.4 Å². The summed E-state index contributed by atoms with van der Waals surface area (Å²) < 4.78 is 11.8. The van der Waals surface area contributed by atoms with Gasteiger partial charge in [0.2, 0.25) is 5.60 Å². The molecule has 0 unspecified atom stereocenters. The van der Waals surface area contributed by atoms with Crippen molar-refractivity contribution in [3.63, 3.8) is 0 Å². The Bertz CT molecular complexity index is 1040. The van der Waals surface area contributed by atoms with Crippen LogP contribution in [0.25, 0.3) is 11.6 Å². The van der Waals surface area contributed by atoms with Crippen LogP contribution in [0, 0.1) is 0 Å². The molecule has 0 bridgehead atoms. The zero-order valence-electron chi connectivity index (χ0n) is 18.5. The number of nitrogens with one attached hydrogen (secondary N) is 1. The van der Waals surface area contributed by atoms with Crippen molar-refractivity contribution in [3.8, 4) is 5.75 Å². The highest BCUT2D eigenvalue weighted by Gasteiger charge is 2.41. The third kappa shape index (κ3) is 5.11. The minimum atomic E-state index is -1.11. The first-order chi connectivity index (χ1) is 15.3. The second-order valence-corrected chi connectivity index (χ2v) is 8.57. The summed E-state index contributed by atoms with van der Waals surface area (Å²) in [7, 11) is 0. The molecule has 7 heteroatoms. The van der Waals surface area contributed by atoms with E-state index >= 15 is 0 Å². The van der Waals surface area contributed by atoms with Crippen molar-refractivity contribution in [1.82, 2.24) is 0 Å². The van der Waals surface area contributed by atoms with Crippen molar-refractivity contribution in [2.24, 2.45) is 0 Å². The van der Waals surface area contributed by atoms with E-state index in [4.69, 9.17) is 32.7 Å². The third-order valence-corrected chi connectivity index (χ3v) is 5.77. The van der Waals surface area contributed by atoms with Crippen molar-refractivity contribution in [3.05, 3.63) is 57.6 Å². The van der Waals surface area contributed by atoms with Gasteiger partial charge in [-0.1, -0.05) is 56.0 Å². The van der Waals surface area contributed by atoms with Gasteiger partial charge in [-0.3, -0.25) is 4.79 Å². The van der Waals surface area contributed by atoms with E-state index in [1.54, 1.807) is 49.4 Å². The highest BCUT2D eigenvalue weighted by atomic mass is 35.5. The highest BCUT2D eigenvalue weighted by molar-refractivity contribution is 6.37. The molecule has 0 saturated heterocycles. The fraction of sp³-hybridized carbons (Fsp3) is 0.360. The van der Waals surface area contributed by atoms with E-state index < -0.39 is 5.60 Å². The van der Waals surface area contributed by atoms with Gasteiger partial charge in [-0.25, -0.2) is 4.79 Å². The molecule has 1 aliphatic rings. The predicted octanol–water partition coefficient (Wildman–Crippen LogP) is 6.77. The SMILES string of the molecule is CCCC(CCC)(Oc1ccc(Cl)cc1/C=C1/C(=O)Nc2cc(Cl)ccc21)C(=O)OCC. The average Bonchev–Trinajstić information content (AvgIpc) is 3.04. The van der Waals surface area contributed by atoms with E-state index in [9.17, 15) is 9.59 Å². The smallest absolute Gasteiger partial charge is 0.350 e. The minimum Gasteiger partial charge on any atom is -0.475 e. The van der Waals surface area contributed by atoms with Crippen molar-refractivity contribution in [2.45, 2.75) is 52.1 Å². The van der Waals surface area contributed by atoms with Crippen LogP contribution in [0.2, 0.25) is 10.0 Å². The van der Waals surface area contributed by atoms with Gasteiger partial charge in [-0.15, -0.1) is 0 Å². The van der Waals surface area contributed by atoms with Gasteiger partial charge in [0, 0.05) is 26.7 Å². The molecular weight excluding hydrogens is 449 g/mol. The van der Waals surface area contributed by atoms with Crippen molar-refractivity contribution in [2.75, 3.05) is 11.9 Å². The van der Waals surface area contributed by atoms with Crippen molar-refractivity contribution < 1.29 is 19.1 Å². The van der Waals surface area contributed by atoms with E-state index in [1.807, 2.05) is 13.8 Å². The first kappa shape index (κ1) is 24.1. The van der Waals surface area contributed by atoms with Crippen LogP contribution in [0.5, 0.6) is 5.75 Å². The molecule has 5 nitrogen and oxygen atoms in total. The maximum absolute atomic E-state index is 13.0. The van der Waals surface area contributed by atoms with Gasteiger partial charge in [0.25, 0.3) is 5.91 Å². The summed E-state index contributed by atoms with van der Waals surface area (Å²) >= 11 is 12.3. The maximum Gasteiger partial charge on any atom is 0.350 e. The Morgan fingerprint density at radius 2 is 1.69 bits per heavy atom. The number of fused-ring (bicyclic) bond motifs is 1. The van der Waals surface area contributed by atoms with Gasteiger partial charge in [-0.2, -0.15) is 0 Å². The summed E-state index contributed by atoms with van der Waals surface area (Å²) in [5.74, 6) is -0.158. The number of esters is 1. The zero-order valence-corrected chi connectivity index (χ0v) is 20.0. The summed E-state index contributed by atoms with van der Waals surface area (Å²) in [5, 5.41) is 3.86. The predicted molar refractivity (Wildman–Crippen MR) is 129 cm³/mol. The Balaban J connectivity index is 2.08. The maximum atomic E-state index is 13.0.